The van der Waals surface area contributed by atoms with E-state index in [4.69, 9.17) is 0 Å². The number of nitrogens with zero attached hydrogens (tertiary/aromatic N) is 3. The van der Waals surface area contributed by atoms with E-state index in [1.165, 1.54) is 12.4 Å². The summed E-state index contributed by atoms with van der Waals surface area (Å²) in [4.78, 5) is 10.4. The van der Waals surface area contributed by atoms with Crippen LogP contribution in [0.15, 0.2) is 60.9 Å². The van der Waals surface area contributed by atoms with Gasteiger partial charge in [0, 0.05) is 25.7 Å². The highest BCUT2D eigenvalue weighted by Crippen LogP contribution is 2.36. The molecule has 8 heteroatoms. The Labute approximate surface area is 172 Å². The zero-order valence-electron chi connectivity index (χ0n) is 16.1. The predicted molar refractivity (Wildman–Crippen MR) is 108 cm³/mol. The molecule has 0 radical (unpaired) electrons. The third kappa shape index (κ3) is 4.38. The van der Waals surface area contributed by atoms with Crippen molar-refractivity contribution in [1.82, 2.24) is 9.97 Å². The lowest BCUT2D eigenvalue weighted by atomic mass is 9.94. The molecule has 0 fully saturated rings. The minimum absolute atomic E-state index is 0.276. The summed E-state index contributed by atoms with van der Waals surface area (Å²) >= 11 is 0. The highest BCUT2D eigenvalue weighted by atomic mass is 19.4. The first-order chi connectivity index (χ1) is 14.4. The molecule has 156 valence electrons. The van der Waals surface area contributed by atoms with Crippen LogP contribution in [-0.2, 0) is 19.1 Å². The van der Waals surface area contributed by atoms with E-state index in [0.717, 1.165) is 11.6 Å². The first kappa shape index (κ1) is 20.2. The van der Waals surface area contributed by atoms with E-state index < -0.39 is 17.8 Å². The van der Waals surface area contributed by atoms with Gasteiger partial charge >= 0.3 is 6.18 Å². The number of aliphatic hydroxyl groups is 1. The van der Waals surface area contributed by atoms with Gasteiger partial charge in [-0.3, -0.25) is 0 Å². The zero-order valence-corrected chi connectivity index (χ0v) is 16.1. The Balaban J connectivity index is 1.46. The van der Waals surface area contributed by atoms with Gasteiger partial charge in [-0.25, -0.2) is 9.97 Å². The van der Waals surface area contributed by atoms with Gasteiger partial charge in [0.25, 0.3) is 0 Å². The summed E-state index contributed by atoms with van der Waals surface area (Å²) in [5.74, 6) is 1.18. The summed E-state index contributed by atoms with van der Waals surface area (Å²) in [5, 5.41) is 13.4. The van der Waals surface area contributed by atoms with Crippen LogP contribution in [0.4, 0.5) is 24.8 Å². The number of aromatic nitrogens is 2. The molecule has 1 atom stereocenters. The number of rotatable bonds is 5. The van der Waals surface area contributed by atoms with Gasteiger partial charge < -0.3 is 15.3 Å². The molecule has 0 spiro atoms. The summed E-state index contributed by atoms with van der Waals surface area (Å²) in [6, 6.07) is 15.4. The first-order valence-electron chi connectivity index (χ1n) is 9.63. The van der Waals surface area contributed by atoms with Crippen molar-refractivity contribution in [3.05, 3.63) is 83.2 Å². The van der Waals surface area contributed by atoms with Gasteiger partial charge in [-0.15, -0.1) is 0 Å². The van der Waals surface area contributed by atoms with Crippen LogP contribution in [-0.4, -0.2) is 28.2 Å². The highest BCUT2D eigenvalue weighted by molar-refractivity contribution is 5.52. The van der Waals surface area contributed by atoms with Crippen molar-refractivity contribution in [3.8, 4) is 0 Å². The van der Waals surface area contributed by atoms with Crippen molar-refractivity contribution < 1.29 is 18.3 Å². The molecule has 3 aromatic rings. The van der Waals surface area contributed by atoms with Gasteiger partial charge in [-0.05, 0) is 29.2 Å². The molecule has 2 heterocycles. The van der Waals surface area contributed by atoms with Crippen molar-refractivity contribution in [3.63, 3.8) is 0 Å². The van der Waals surface area contributed by atoms with Crippen LogP contribution in [0.25, 0.3) is 0 Å². The van der Waals surface area contributed by atoms with Gasteiger partial charge in [0.1, 0.15) is 18.0 Å². The van der Waals surface area contributed by atoms with E-state index in [1.807, 2.05) is 35.2 Å². The SMILES string of the molecule is OC(CNc1cc(N2CCc3c(cccc3C(F)(F)F)C2)ncn1)c1ccccc1. The minimum atomic E-state index is -4.35. The van der Waals surface area contributed by atoms with Crippen molar-refractivity contribution in [2.24, 2.45) is 0 Å². The number of halogens is 3. The van der Waals surface area contributed by atoms with Gasteiger partial charge in [0.05, 0.1) is 11.7 Å². The highest BCUT2D eigenvalue weighted by Gasteiger charge is 2.35. The van der Waals surface area contributed by atoms with Gasteiger partial charge in [0.15, 0.2) is 0 Å². The Kier molecular flexibility index (Phi) is 5.59. The first-order valence-corrected chi connectivity index (χ1v) is 9.63. The quantitative estimate of drug-likeness (QED) is 0.655. The molecule has 0 amide bonds. The molecule has 1 aliphatic heterocycles. The molecule has 1 aliphatic rings. The predicted octanol–water partition coefficient (Wildman–Crippen LogP) is 4.20. The van der Waals surface area contributed by atoms with Crippen LogP contribution in [0, 0.1) is 0 Å². The molecule has 1 unspecified atom stereocenters. The summed E-state index contributed by atoms with van der Waals surface area (Å²) in [6.07, 6.45) is -3.33. The van der Waals surface area contributed by atoms with E-state index in [1.54, 1.807) is 12.1 Å². The molecule has 0 saturated heterocycles. The summed E-state index contributed by atoms with van der Waals surface area (Å²) in [5.41, 5.74) is 1.26. The van der Waals surface area contributed by atoms with Crippen LogP contribution in [0.2, 0.25) is 0 Å². The molecule has 30 heavy (non-hydrogen) atoms. The molecule has 2 N–H and O–H groups in total. The monoisotopic (exact) mass is 414 g/mol. The fraction of sp³-hybridized carbons (Fsp3) is 0.273. The summed E-state index contributed by atoms with van der Waals surface area (Å²) < 4.78 is 39.8. The largest absolute Gasteiger partial charge is 0.416 e. The molecule has 0 saturated carbocycles. The van der Waals surface area contributed by atoms with Gasteiger partial charge in [0.2, 0.25) is 0 Å². The van der Waals surface area contributed by atoms with E-state index in [2.05, 4.69) is 15.3 Å². The summed E-state index contributed by atoms with van der Waals surface area (Å²) in [7, 11) is 0. The topological polar surface area (TPSA) is 61.3 Å². The van der Waals surface area contributed by atoms with Crippen molar-refractivity contribution in [1.29, 1.82) is 0 Å². The molecule has 2 aromatic carbocycles. The van der Waals surface area contributed by atoms with E-state index >= 15 is 0 Å². The van der Waals surface area contributed by atoms with E-state index in [0.29, 0.717) is 42.3 Å². The molecule has 0 aliphatic carbocycles. The Bertz CT molecular complexity index is 1010. The second kappa shape index (κ2) is 8.31. The van der Waals surface area contributed by atoms with Crippen LogP contribution in [0.1, 0.15) is 28.4 Å². The maximum Gasteiger partial charge on any atom is 0.416 e. The number of fused-ring (bicyclic) bond motifs is 1. The van der Waals surface area contributed by atoms with Gasteiger partial charge in [-0.1, -0.05) is 42.5 Å². The average Bonchev–Trinajstić information content (AvgIpc) is 2.77. The average molecular weight is 414 g/mol. The number of hydrogen-bond donors (Lipinski definition) is 2. The lowest BCUT2D eigenvalue weighted by Gasteiger charge is -2.31. The molecule has 1 aromatic heterocycles. The van der Waals surface area contributed by atoms with Gasteiger partial charge in [-0.2, -0.15) is 13.2 Å². The lowest BCUT2D eigenvalue weighted by Crippen LogP contribution is -2.32. The smallest absolute Gasteiger partial charge is 0.387 e. The molecule has 5 nitrogen and oxygen atoms in total. The normalized spacial score (nSPS) is 14.9. The van der Waals surface area contributed by atoms with Crippen molar-refractivity contribution in [2.75, 3.05) is 23.3 Å². The van der Waals surface area contributed by atoms with Crippen LogP contribution in [0.3, 0.4) is 0 Å². The number of hydrogen-bond acceptors (Lipinski definition) is 5. The fourth-order valence-electron chi connectivity index (χ4n) is 3.68. The zero-order chi connectivity index (χ0) is 21.1. The second-order valence-electron chi connectivity index (χ2n) is 7.18. The summed E-state index contributed by atoms with van der Waals surface area (Å²) in [6.45, 7) is 1.06. The Morgan fingerprint density at radius 3 is 2.63 bits per heavy atom. The second-order valence-corrected chi connectivity index (χ2v) is 7.18. The molecule has 4 rings (SSSR count). The fourth-order valence-corrected chi connectivity index (χ4v) is 3.68. The molecule has 0 bridgehead atoms. The number of aliphatic hydroxyl groups excluding tert-OH is 1. The maximum absolute atomic E-state index is 13.3. The number of benzene rings is 2. The van der Waals surface area contributed by atoms with Crippen LogP contribution >= 0.6 is 0 Å². The third-order valence-electron chi connectivity index (χ3n) is 5.21. The number of nitrogens with one attached hydrogen (secondary N) is 1. The molecular formula is C22H21F3N4O. The Hall–Kier alpha value is -3.13. The third-order valence-corrected chi connectivity index (χ3v) is 5.21. The lowest BCUT2D eigenvalue weighted by molar-refractivity contribution is -0.138. The van der Waals surface area contributed by atoms with Crippen LogP contribution in [0.5, 0.6) is 0 Å². The minimum Gasteiger partial charge on any atom is -0.387 e. The standard InChI is InChI=1S/C22H21F3N4O/c23-22(24,25)18-8-4-7-16-13-29(10-9-17(16)18)21-11-20(27-14-28-21)26-12-19(30)15-5-2-1-3-6-15/h1-8,11,14,19,30H,9-10,12-13H2,(H,26,27,28). The van der Waals surface area contributed by atoms with Crippen molar-refractivity contribution in [2.45, 2.75) is 25.2 Å². The number of anilines is 2. The van der Waals surface area contributed by atoms with Crippen LogP contribution < -0.4 is 10.2 Å². The van der Waals surface area contributed by atoms with E-state index in [9.17, 15) is 18.3 Å². The Morgan fingerprint density at radius 2 is 1.87 bits per heavy atom. The van der Waals surface area contributed by atoms with Crippen molar-refractivity contribution >= 4 is 11.6 Å². The molecular weight excluding hydrogens is 393 g/mol. The Morgan fingerprint density at radius 1 is 1.07 bits per heavy atom. The number of alkyl halides is 3. The maximum atomic E-state index is 13.3. The van der Waals surface area contributed by atoms with E-state index in [-0.39, 0.29) is 6.54 Å².